The van der Waals surface area contributed by atoms with Gasteiger partial charge in [-0.3, -0.25) is 4.79 Å². The molecule has 1 N–H and O–H groups in total. The van der Waals surface area contributed by atoms with Crippen molar-refractivity contribution in [2.75, 3.05) is 5.32 Å². The Kier molecular flexibility index (Phi) is 5.69. The molecule has 132 valence electrons. The average Bonchev–Trinajstić information content (AvgIpc) is 2.69. The molecule has 0 aromatic heterocycles. The predicted octanol–water partition coefficient (Wildman–Crippen LogP) is 5.46. The molecule has 0 aliphatic rings. The predicted molar refractivity (Wildman–Crippen MR) is 106 cm³/mol. The van der Waals surface area contributed by atoms with Crippen molar-refractivity contribution in [1.82, 2.24) is 0 Å². The molecular weight excluding hydrogens is 322 g/mol. The van der Waals surface area contributed by atoms with E-state index < -0.39 is 6.10 Å². The molecule has 3 nitrogen and oxygen atoms in total. The molecule has 0 saturated heterocycles. The Balaban J connectivity index is 1.65. The van der Waals surface area contributed by atoms with Crippen LogP contribution >= 0.6 is 0 Å². The van der Waals surface area contributed by atoms with Crippen molar-refractivity contribution in [2.24, 2.45) is 0 Å². The van der Waals surface area contributed by atoms with E-state index in [1.54, 1.807) is 0 Å². The Morgan fingerprint density at radius 2 is 1.50 bits per heavy atom. The van der Waals surface area contributed by atoms with Crippen molar-refractivity contribution < 1.29 is 9.53 Å². The molecule has 0 aliphatic carbocycles. The summed E-state index contributed by atoms with van der Waals surface area (Å²) in [7, 11) is 0. The zero-order valence-electron chi connectivity index (χ0n) is 15.1. The highest BCUT2D eigenvalue weighted by Gasteiger charge is 2.18. The van der Waals surface area contributed by atoms with E-state index in [0.29, 0.717) is 12.2 Å². The minimum atomic E-state index is -0.529. The van der Waals surface area contributed by atoms with Gasteiger partial charge in [0.15, 0.2) is 6.10 Å². The Bertz CT molecular complexity index is 840. The fraction of sp³-hybridized carbons (Fsp3) is 0.174. The van der Waals surface area contributed by atoms with Crippen LogP contribution in [0.2, 0.25) is 0 Å². The summed E-state index contributed by atoms with van der Waals surface area (Å²) < 4.78 is 5.90. The van der Waals surface area contributed by atoms with Gasteiger partial charge in [0.1, 0.15) is 5.75 Å². The van der Waals surface area contributed by atoms with Gasteiger partial charge in [0.2, 0.25) is 0 Å². The van der Waals surface area contributed by atoms with Crippen LogP contribution in [-0.2, 0) is 4.79 Å². The van der Waals surface area contributed by atoms with Crippen molar-refractivity contribution >= 4 is 11.6 Å². The van der Waals surface area contributed by atoms with E-state index in [9.17, 15) is 4.79 Å². The van der Waals surface area contributed by atoms with Gasteiger partial charge in [-0.2, -0.15) is 0 Å². The van der Waals surface area contributed by atoms with Crippen molar-refractivity contribution in [1.29, 1.82) is 0 Å². The van der Waals surface area contributed by atoms with Gasteiger partial charge in [-0.15, -0.1) is 0 Å². The topological polar surface area (TPSA) is 38.3 Å². The second kappa shape index (κ2) is 8.34. The van der Waals surface area contributed by atoms with Gasteiger partial charge in [-0.25, -0.2) is 0 Å². The van der Waals surface area contributed by atoms with E-state index in [0.717, 1.165) is 22.4 Å². The molecule has 3 aromatic rings. The quantitative estimate of drug-likeness (QED) is 0.644. The number of hydrogen-bond acceptors (Lipinski definition) is 2. The zero-order valence-corrected chi connectivity index (χ0v) is 15.1. The van der Waals surface area contributed by atoms with Crippen LogP contribution in [0.1, 0.15) is 18.9 Å². The van der Waals surface area contributed by atoms with E-state index in [1.165, 1.54) is 0 Å². The van der Waals surface area contributed by atoms with E-state index in [-0.39, 0.29) is 5.91 Å². The number of amides is 1. The number of rotatable bonds is 6. The lowest BCUT2D eigenvalue weighted by Gasteiger charge is -2.17. The SMILES string of the molecule is CCC(Oc1ccc(-c2ccccc2)cc1)C(=O)Nc1ccc(C)cc1. The summed E-state index contributed by atoms with van der Waals surface area (Å²) in [4.78, 5) is 12.5. The molecule has 0 saturated carbocycles. The monoisotopic (exact) mass is 345 g/mol. The summed E-state index contributed by atoms with van der Waals surface area (Å²) >= 11 is 0. The van der Waals surface area contributed by atoms with Crippen LogP contribution in [0, 0.1) is 6.92 Å². The van der Waals surface area contributed by atoms with E-state index in [1.807, 2.05) is 80.6 Å². The van der Waals surface area contributed by atoms with Crippen LogP contribution in [-0.4, -0.2) is 12.0 Å². The number of anilines is 1. The zero-order chi connectivity index (χ0) is 18.4. The smallest absolute Gasteiger partial charge is 0.265 e. The molecule has 0 aliphatic heterocycles. The number of nitrogens with one attached hydrogen (secondary N) is 1. The van der Waals surface area contributed by atoms with Crippen LogP contribution in [0.5, 0.6) is 5.75 Å². The van der Waals surface area contributed by atoms with Gasteiger partial charge in [0.25, 0.3) is 5.91 Å². The van der Waals surface area contributed by atoms with Gasteiger partial charge in [0, 0.05) is 5.69 Å². The van der Waals surface area contributed by atoms with Gasteiger partial charge in [-0.05, 0) is 48.7 Å². The summed E-state index contributed by atoms with van der Waals surface area (Å²) in [6.07, 6.45) is 0.0666. The fourth-order valence-corrected chi connectivity index (χ4v) is 2.70. The molecule has 1 amide bonds. The second-order valence-electron chi connectivity index (χ2n) is 6.26. The van der Waals surface area contributed by atoms with Gasteiger partial charge in [-0.1, -0.05) is 67.1 Å². The highest BCUT2D eigenvalue weighted by Crippen LogP contribution is 2.23. The van der Waals surface area contributed by atoms with Crippen molar-refractivity contribution in [3.8, 4) is 16.9 Å². The molecule has 0 spiro atoms. The molecule has 3 heteroatoms. The van der Waals surface area contributed by atoms with Crippen LogP contribution in [0.3, 0.4) is 0 Å². The third kappa shape index (κ3) is 4.51. The van der Waals surface area contributed by atoms with Gasteiger partial charge >= 0.3 is 0 Å². The first-order chi connectivity index (χ1) is 12.7. The first-order valence-electron chi connectivity index (χ1n) is 8.85. The molecule has 1 unspecified atom stereocenters. The maximum absolute atomic E-state index is 12.5. The highest BCUT2D eigenvalue weighted by molar-refractivity contribution is 5.94. The summed E-state index contributed by atoms with van der Waals surface area (Å²) in [5, 5.41) is 2.91. The Morgan fingerprint density at radius 1 is 0.885 bits per heavy atom. The summed E-state index contributed by atoms with van der Waals surface area (Å²) in [5.74, 6) is 0.555. The van der Waals surface area contributed by atoms with Crippen molar-refractivity contribution in [3.63, 3.8) is 0 Å². The lowest BCUT2D eigenvalue weighted by molar-refractivity contribution is -0.122. The summed E-state index contributed by atoms with van der Waals surface area (Å²) in [5.41, 5.74) is 4.21. The largest absolute Gasteiger partial charge is 0.481 e. The van der Waals surface area contributed by atoms with Crippen molar-refractivity contribution in [3.05, 3.63) is 84.4 Å². The standard InChI is InChI=1S/C23H23NO2/c1-3-22(23(25)24-20-13-9-17(2)10-14-20)26-21-15-11-19(12-16-21)18-7-5-4-6-8-18/h4-16,22H,3H2,1-2H3,(H,24,25). The third-order valence-electron chi connectivity index (χ3n) is 4.22. The minimum Gasteiger partial charge on any atom is -0.481 e. The van der Waals surface area contributed by atoms with Gasteiger partial charge in [0.05, 0.1) is 0 Å². The van der Waals surface area contributed by atoms with Crippen LogP contribution in [0.25, 0.3) is 11.1 Å². The second-order valence-corrected chi connectivity index (χ2v) is 6.26. The van der Waals surface area contributed by atoms with Crippen LogP contribution in [0.4, 0.5) is 5.69 Å². The maximum Gasteiger partial charge on any atom is 0.265 e. The maximum atomic E-state index is 12.5. The first-order valence-corrected chi connectivity index (χ1v) is 8.85. The lowest BCUT2D eigenvalue weighted by atomic mass is 10.1. The molecule has 1 atom stereocenters. The van der Waals surface area contributed by atoms with Crippen molar-refractivity contribution in [2.45, 2.75) is 26.4 Å². The minimum absolute atomic E-state index is 0.136. The van der Waals surface area contributed by atoms with Gasteiger partial charge < -0.3 is 10.1 Å². The summed E-state index contributed by atoms with van der Waals surface area (Å²) in [6, 6.07) is 25.7. The number of ether oxygens (including phenoxy) is 1. The molecule has 0 bridgehead atoms. The molecule has 26 heavy (non-hydrogen) atoms. The lowest BCUT2D eigenvalue weighted by Crippen LogP contribution is -2.32. The number of benzene rings is 3. The molecule has 0 fully saturated rings. The molecule has 0 radical (unpaired) electrons. The third-order valence-corrected chi connectivity index (χ3v) is 4.22. The normalized spacial score (nSPS) is 11.6. The van der Waals surface area contributed by atoms with E-state index >= 15 is 0 Å². The number of aryl methyl sites for hydroxylation is 1. The number of hydrogen-bond donors (Lipinski definition) is 1. The Hall–Kier alpha value is -3.07. The molecule has 3 aromatic carbocycles. The summed E-state index contributed by atoms with van der Waals surface area (Å²) in [6.45, 7) is 3.96. The van der Waals surface area contributed by atoms with E-state index in [4.69, 9.17) is 4.74 Å². The highest BCUT2D eigenvalue weighted by atomic mass is 16.5. The Morgan fingerprint density at radius 3 is 2.12 bits per heavy atom. The van der Waals surface area contributed by atoms with Crippen LogP contribution in [0.15, 0.2) is 78.9 Å². The number of carbonyl (C=O) groups excluding carboxylic acids is 1. The Labute approximate surface area is 154 Å². The fourth-order valence-electron chi connectivity index (χ4n) is 2.70. The first kappa shape index (κ1) is 17.7. The van der Waals surface area contributed by atoms with E-state index in [2.05, 4.69) is 17.4 Å². The number of carbonyl (C=O) groups is 1. The molecule has 3 rings (SSSR count). The van der Waals surface area contributed by atoms with Crippen LogP contribution < -0.4 is 10.1 Å². The average molecular weight is 345 g/mol. The molecule has 0 heterocycles. The molecular formula is C23H23NO2.